The standard InChI is InChI=1S/C29H31IO7/c1-33-28(31)29(32)27(30)26(36-19-23-15-9-4-10-16-23)25(35-18-22-13-7-3-8-14-22)24(37-29)20-34-17-21-11-5-2-6-12-21/h2-16,24-27,32H,17-20H2,1H3/t24-,25-,26+,27?,29?/m1/s1. The quantitative estimate of drug-likeness (QED) is 0.193. The summed E-state index contributed by atoms with van der Waals surface area (Å²) in [5.74, 6) is -3.13. The van der Waals surface area contributed by atoms with E-state index in [-0.39, 0.29) is 13.2 Å². The van der Waals surface area contributed by atoms with Crippen molar-refractivity contribution in [2.45, 2.75) is 47.8 Å². The number of halogens is 1. The Balaban J connectivity index is 1.58. The number of methoxy groups -OCH3 is 1. The number of alkyl halides is 1. The number of rotatable bonds is 11. The minimum Gasteiger partial charge on any atom is -0.465 e. The summed E-state index contributed by atoms with van der Waals surface area (Å²) >= 11 is 1.98. The van der Waals surface area contributed by atoms with Crippen molar-refractivity contribution in [2.75, 3.05) is 13.7 Å². The van der Waals surface area contributed by atoms with Crippen molar-refractivity contribution in [1.29, 1.82) is 0 Å². The number of carbonyl (C=O) groups excluding carboxylic acids is 1. The largest absolute Gasteiger partial charge is 0.465 e. The zero-order valence-electron chi connectivity index (χ0n) is 20.6. The van der Waals surface area contributed by atoms with E-state index in [1.807, 2.05) is 114 Å². The van der Waals surface area contributed by atoms with Crippen LogP contribution in [0.3, 0.4) is 0 Å². The summed E-state index contributed by atoms with van der Waals surface area (Å²) in [5.41, 5.74) is 2.93. The van der Waals surface area contributed by atoms with E-state index in [9.17, 15) is 9.90 Å². The maximum atomic E-state index is 12.7. The van der Waals surface area contributed by atoms with Gasteiger partial charge < -0.3 is 28.8 Å². The molecule has 2 unspecified atom stereocenters. The van der Waals surface area contributed by atoms with E-state index in [1.54, 1.807) is 0 Å². The van der Waals surface area contributed by atoms with E-state index in [2.05, 4.69) is 0 Å². The van der Waals surface area contributed by atoms with E-state index in [4.69, 9.17) is 23.7 Å². The van der Waals surface area contributed by atoms with Crippen molar-refractivity contribution in [3.63, 3.8) is 0 Å². The van der Waals surface area contributed by atoms with Crippen LogP contribution in [0.2, 0.25) is 0 Å². The summed E-state index contributed by atoms with van der Waals surface area (Å²) in [6, 6.07) is 29.2. The van der Waals surface area contributed by atoms with Crippen LogP contribution in [-0.2, 0) is 48.3 Å². The van der Waals surface area contributed by atoms with Gasteiger partial charge in [-0.3, -0.25) is 0 Å². The highest BCUT2D eigenvalue weighted by atomic mass is 127. The summed E-state index contributed by atoms with van der Waals surface area (Å²) < 4.78 is 28.8. The molecule has 0 amide bonds. The van der Waals surface area contributed by atoms with Crippen molar-refractivity contribution in [3.8, 4) is 0 Å². The molecule has 3 aromatic carbocycles. The van der Waals surface area contributed by atoms with Gasteiger partial charge in [-0.25, -0.2) is 4.79 Å². The number of ether oxygens (including phenoxy) is 5. The van der Waals surface area contributed by atoms with Gasteiger partial charge in [0, 0.05) is 0 Å². The normalized spacial score (nSPS) is 25.5. The van der Waals surface area contributed by atoms with Crippen molar-refractivity contribution in [2.24, 2.45) is 0 Å². The van der Waals surface area contributed by atoms with Gasteiger partial charge in [0.1, 0.15) is 22.2 Å². The van der Waals surface area contributed by atoms with Gasteiger partial charge in [0.15, 0.2) is 0 Å². The lowest BCUT2D eigenvalue weighted by molar-refractivity contribution is -0.307. The molecule has 37 heavy (non-hydrogen) atoms. The summed E-state index contributed by atoms with van der Waals surface area (Å²) in [5, 5.41) is 11.4. The molecule has 1 aliphatic rings. The highest BCUT2D eigenvalue weighted by Crippen LogP contribution is 2.38. The fourth-order valence-electron chi connectivity index (χ4n) is 4.18. The molecule has 7 nitrogen and oxygen atoms in total. The zero-order chi connectivity index (χ0) is 26.1. The summed E-state index contributed by atoms with van der Waals surface area (Å²) in [6.45, 7) is 0.981. The van der Waals surface area contributed by atoms with Crippen LogP contribution in [0.4, 0.5) is 0 Å². The van der Waals surface area contributed by atoms with Crippen LogP contribution in [0.25, 0.3) is 0 Å². The molecule has 0 bridgehead atoms. The van der Waals surface area contributed by atoms with Crippen LogP contribution < -0.4 is 0 Å². The first-order valence-corrected chi connectivity index (χ1v) is 13.3. The Morgan fingerprint density at radius 2 is 1.27 bits per heavy atom. The fraction of sp³-hybridized carbons (Fsp3) is 0.345. The molecule has 1 aliphatic heterocycles. The Bertz CT molecular complexity index is 1100. The highest BCUT2D eigenvalue weighted by molar-refractivity contribution is 14.1. The van der Waals surface area contributed by atoms with Crippen LogP contribution in [0.15, 0.2) is 91.0 Å². The minimum atomic E-state index is -2.23. The van der Waals surface area contributed by atoms with Crippen LogP contribution >= 0.6 is 22.6 Å². The average Bonchev–Trinajstić information content (AvgIpc) is 2.94. The molecule has 196 valence electrons. The third-order valence-electron chi connectivity index (χ3n) is 6.13. The molecule has 0 aromatic heterocycles. The SMILES string of the molecule is COC(=O)C1(O)O[C@H](COCc2ccccc2)[C@@H](OCc2ccccc2)[C@H](OCc2ccccc2)C1I. The Morgan fingerprint density at radius 1 is 0.811 bits per heavy atom. The second kappa shape index (κ2) is 13.5. The first kappa shape index (κ1) is 27.7. The fourth-order valence-corrected chi connectivity index (χ4v) is 5.20. The molecule has 3 aromatic rings. The van der Waals surface area contributed by atoms with Gasteiger partial charge >= 0.3 is 5.97 Å². The maximum absolute atomic E-state index is 12.7. The number of aliphatic hydroxyl groups is 1. The summed E-state index contributed by atoms with van der Waals surface area (Å²) in [4.78, 5) is 12.7. The molecule has 1 fully saturated rings. The molecule has 8 heteroatoms. The first-order chi connectivity index (χ1) is 18.0. The minimum absolute atomic E-state index is 0.0716. The van der Waals surface area contributed by atoms with Crippen molar-refractivity contribution < 1.29 is 33.6 Å². The molecule has 4 rings (SSSR count). The predicted octanol–water partition coefficient (Wildman–Crippen LogP) is 4.44. The van der Waals surface area contributed by atoms with Crippen LogP contribution in [0, 0.1) is 0 Å². The molecule has 5 atom stereocenters. The van der Waals surface area contributed by atoms with E-state index in [0.29, 0.717) is 13.2 Å². The third-order valence-corrected chi connectivity index (χ3v) is 7.68. The smallest absolute Gasteiger partial charge is 0.367 e. The topological polar surface area (TPSA) is 83.5 Å². The molecule has 1 heterocycles. The zero-order valence-corrected chi connectivity index (χ0v) is 22.7. The summed E-state index contributed by atoms with van der Waals surface area (Å²) in [6.07, 6.45) is -2.14. The summed E-state index contributed by atoms with van der Waals surface area (Å²) in [7, 11) is 1.21. The number of hydrogen-bond acceptors (Lipinski definition) is 7. The van der Waals surface area contributed by atoms with Crippen LogP contribution in [0.5, 0.6) is 0 Å². The lowest BCUT2D eigenvalue weighted by Crippen LogP contribution is -2.67. The Morgan fingerprint density at radius 3 is 1.76 bits per heavy atom. The molecule has 0 saturated carbocycles. The number of carbonyl (C=O) groups is 1. The van der Waals surface area contributed by atoms with Gasteiger partial charge in [0.25, 0.3) is 5.79 Å². The number of hydrogen-bond donors (Lipinski definition) is 1. The number of benzene rings is 3. The van der Waals surface area contributed by atoms with E-state index >= 15 is 0 Å². The molecule has 0 radical (unpaired) electrons. The van der Waals surface area contributed by atoms with E-state index in [1.165, 1.54) is 7.11 Å². The molecule has 1 N–H and O–H groups in total. The Labute approximate surface area is 230 Å². The van der Waals surface area contributed by atoms with Crippen molar-refractivity contribution >= 4 is 28.6 Å². The maximum Gasteiger partial charge on any atom is 0.367 e. The van der Waals surface area contributed by atoms with E-state index in [0.717, 1.165) is 16.7 Å². The van der Waals surface area contributed by atoms with Gasteiger partial charge in [-0.1, -0.05) is 114 Å². The Kier molecular flexibility index (Phi) is 10.1. The predicted molar refractivity (Wildman–Crippen MR) is 146 cm³/mol. The van der Waals surface area contributed by atoms with Crippen molar-refractivity contribution in [3.05, 3.63) is 108 Å². The average molecular weight is 618 g/mol. The molecule has 0 spiro atoms. The highest BCUT2D eigenvalue weighted by Gasteiger charge is 2.59. The van der Waals surface area contributed by atoms with Gasteiger partial charge in [-0.15, -0.1) is 0 Å². The van der Waals surface area contributed by atoms with Gasteiger partial charge in [-0.2, -0.15) is 0 Å². The third kappa shape index (κ3) is 7.16. The lowest BCUT2D eigenvalue weighted by atomic mass is 9.94. The molecule has 0 aliphatic carbocycles. The molecular weight excluding hydrogens is 587 g/mol. The van der Waals surface area contributed by atoms with Crippen molar-refractivity contribution in [1.82, 2.24) is 0 Å². The molecule has 1 saturated heterocycles. The van der Waals surface area contributed by atoms with Gasteiger partial charge in [0.05, 0.1) is 33.5 Å². The van der Waals surface area contributed by atoms with Crippen LogP contribution in [-0.4, -0.2) is 52.8 Å². The van der Waals surface area contributed by atoms with Gasteiger partial charge in [0.2, 0.25) is 0 Å². The second-order valence-corrected chi connectivity index (χ2v) is 10.1. The van der Waals surface area contributed by atoms with E-state index < -0.39 is 34.0 Å². The van der Waals surface area contributed by atoms with Crippen LogP contribution in [0.1, 0.15) is 16.7 Å². The number of esters is 1. The molecular formula is C29H31IO7. The monoisotopic (exact) mass is 618 g/mol. The first-order valence-electron chi connectivity index (χ1n) is 12.1. The lowest BCUT2D eigenvalue weighted by Gasteiger charge is -2.47. The Hall–Kier alpha value is -2.34. The second-order valence-electron chi connectivity index (χ2n) is 8.77. The van der Waals surface area contributed by atoms with Gasteiger partial charge in [-0.05, 0) is 16.7 Å².